The fourth-order valence-electron chi connectivity index (χ4n) is 2.23. The van der Waals surface area contributed by atoms with Gasteiger partial charge in [-0.15, -0.1) is 0 Å². The van der Waals surface area contributed by atoms with E-state index in [0.29, 0.717) is 5.82 Å². The molecule has 0 radical (unpaired) electrons. The zero-order valence-electron chi connectivity index (χ0n) is 12.3. The highest BCUT2D eigenvalue weighted by molar-refractivity contribution is 5.79. The van der Waals surface area contributed by atoms with Gasteiger partial charge in [-0.1, -0.05) is 43.4 Å². The van der Waals surface area contributed by atoms with Crippen LogP contribution in [0.5, 0.6) is 0 Å². The Bertz CT molecular complexity index is 648. The zero-order valence-corrected chi connectivity index (χ0v) is 12.3. The van der Waals surface area contributed by atoms with Crippen LogP contribution in [0.4, 0.5) is 5.82 Å². The predicted molar refractivity (Wildman–Crippen MR) is 86.3 cm³/mol. The highest BCUT2D eigenvalue weighted by Gasteiger charge is 2.12. The van der Waals surface area contributed by atoms with Crippen molar-refractivity contribution in [3.05, 3.63) is 53.8 Å². The number of nitrogens with zero attached hydrogens (tertiary/aromatic N) is 1. The summed E-state index contributed by atoms with van der Waals surface area (Å²) in [6.45, 7) is 6.22. The lowest BCUT2D eigenvalue weighted by atomic mass is 9.98. The molecule has 3 N–H and O–H groups in total. The summed E-state index contributed by atoms with van der Waals surface area (Å²) >= 11 is 0. The fraction of sp³-hybridized carbons (Fsp3) is 0.235. The van der Waals surface area contributed by atoms with E-state index in [1.54, 1.807) is 0 Å². The Morgan fingerprint density at radius 1 is 1.40 bits per heavy atom. The number of hydrogen-bond donors (Lipinski definition) is 2. The zero-order chi connectivity index (χ0) is 14.5. The first-order valence-corrected chi connectivity index (χ1v) is 6.90. The van der Waals surface area contributed by atoms with Crippen LogP contribution in [0.15, 0.2) is 42.5 Å². The second kappa shape index (κ2) is 6.24. The number of nitrogens with one attached hydrogen (secondary N) is 1. The normalized spacial score (nSPS) is 12.2. The SMILES string of the molecule is C/C=C\C=C(/C)c1cccc(-c2c(N)n[nH]c2CC)c1. The molecule has 3 nitrogen and oxygen atoms in total. The van der Waals surface area contributed by atoms with Crippen LogP contribution >= 0.6 is 0 Å². The molecule has 0 spiro atoms. The Morgan fingerprint density at radius 2 is 2.20 bits per heavy atom. The van der Waals surface area contributed by atoms with Crippen molar-refractivity contribution in [3.63, 3.8) is 0 Å². The van der Waals surface area contributed by atoms with Gasteiger partial charge in [-0.25, -0.2) is 0 Å². The smallest absolute Gasteiger partial charge is 0.153 e. The van der Waals surface area contributed by atoms with Crippen molar-refractivity contribution >= 4 is 11.4 Å². The Labute approximate surface area is 120 Å². The summed E-state index contributed by atoms with van der Waals surface area (Å²) in [6.07, 6.45) is 7.07. The predicted octanol–water partition coefficient (Wildman–Crippen LogP) is 4.20. The van der Waals surface area contributed by atoms with Crippen LogP contribution in [-0.4, -0.2) is 10.2 Å². The maximum absolute atomic E-state index is 5.99. The standard InChI is InChI=1S/C17H21N3/c1-4-6-8-12(3)13-9-7-10-14(11-13)16-15(5-2)19-20-17(16)18/h4,6-11H,5H2,1-3H3,(H3,18,19,20)/b6-4-,12-8+. The number of aryl methyl sites for hydroxylation is 1. The van der Waals surface area contributed by atoms with Gasteiger partial charge in [0, 0.05) is 11.3 Å². The quantitative estimate of drug-likeness (QED) is 0.816. The summed E-state index contributed by atoms with van der Waals surface area (Å²) in [4.78, 5) is 0. The van der Waals surface area contributed by atoms with Crippen LogP contribution in [0.25, 0.3) is 16.7 Å². The van der Waals surface area contributed by atoms with E-state index < -0.39 is 0 Å². The van der Waals surface area contributed by atoms with E-state index in [-0.39, 0.29) is 0 Å². The lowest BCUT2D eigenvalue weighted by Crippen LogP contribution is -1.91. The molecular formula is C17H21N3. The van der Waals surface area contributed by atoms with Crippen LogP contribution in [0.1, 0.15) is 32.0 Å². The number of hydrogen-bond acceptors (Lipinski definition) is 2. The maximum atomic E-state index is 5.99. The number of benzene rings is 1. The summed E-state index contributed by atoms with van der Waals surface area (Å²) in [5.41, 5.74) is 11.6. The molecule has 2 aromatic rings. The fourth-order valence-corrected chi connectivity index (χ4v) is 2.23. The molecule has 0 amide bonds. The van der Waals surface area contributed by atoms with Gasteiger partial charge < -0.3 is 5.73 Å². The maximum Gasteiger partial charge on any atom is 0.153 e. The van der Waals surface area contributed by atoms with Crippen LogP contribution in [0, 0.1) is 0 Å². The minimum absolute atomic E-state index is 0.564. The molecule has 1 aromatic carbocycles. The third-order valence-corrected chi connectivity index (χ3v) is 3.37. The first-order valence-electron chi connectivity index (χ1n) is 6.90. The molecule has 0 saturated heterocycles. The van der Waals surface area contributed by atoms with Gasteiger partial charge in [-0.2, -0.15) is 5.10 Å². The molecule has 3 heteroatoms. The number of rotatable bonds is 4. The molecule has 0 bridgehead atoms. The highest BCUT2D eigenvalue weighted by Crippen LogP contribution is 2.30. The van der Waals surface area contributed by atoms with Crippen molar-refractivity contribution in [3.8, 4) is 11.1 Å². The van der Waals surface area contributed by atoms with Crippen molar-refractivity contribution in [1.82, 2.24) is 10.2 Å². The van der Waals surface area contributed by atoms with Crippen molar-refractivity contribution in [2.24, 2.45) is 0 Å². The van der Waals surface area contributed by atoms with Gasteiger partial charge in [0.1, 0.15) is 0 Å². The van der Waals surface area contributed by atoms with Gasteiger partial charge in [0.25, 0.3) is 0 Å². The summed E-state index contributed by atoms with van der Waals surface area (Å²) in [7, 11) is 0. The second-order valence-electron chi connectivity index (χ2n) is 4.77. The Morgan fingerprint density at radius 3 is 2.90 bits per heavy atom. The molecule has 0 unspecified atom stereocenters. The minimum Gasteiger partial charge on any atom is -0.382 e. The lowest BCUT2D eigenvalue weighted by molar-refractivity contribution is 0.978. The molecule has 0 aliphatic carbocycles. The van der Waals surface area contributed by atoms with Gasteiger partial charge in [0.05, 0.1) is 0 Å². The average Bonchev–Trinajstić information content (AvgIpc) is 2.85. The largest absolute Gasteiger partial charge is 0.382 e. The molecule has 1 aromatic heterocycles. The summed E-state index contributed by atoms with van der Waals surface area (Å²) < 4.78 is 0. The number of allylic oxidation sites excluding steroid dienone is 4. The molecule has 20 heavy (non-hydrogen) atoms. The van der Waals surface area contributed by atoms with E-state index in [2.05, 4.69) is 54.4 Å². The molecule has 0 fully saturated rings. The van der Waals surface area contributed by atoms with Crippen molar-refractivity contribution in [2.45, 2.75) is 27.2 Å². The number of nitrogens with two attached hydrogens (primary N) is 1. The number of H-pyrrole nitrogens is 1. The molecular weight excluding hydrogens is 246 g/mol. The minimum atomic E-state index is 0.564. The average molecular weight is 267 g/mol. The molecule has 0 saturated carbocycles. The van der Waals surface area contributed by atoms with Crippen LogP contribution in [-0.2, 0) is 6.42 Å². The number of aromatic nitrogens is 2. The second-order valence-corrected chi connectivity index (χ2v) is 4.77. The number of anilines is 1. The number of aromatic amines is 1. The first kappa shape index (κ1) is 14.1. The molecule has 0 aliphatic rings. The van der Waals surface area contributed by atoms with E-state index in [0.717, 1.165) is 23.2 Å². The Balaban J connectivity index is 2.47. The Kier molecular flexibility index (Phi) is 4.41. The van der Waals surface area contributed by atoms with E-state index in [1.165, 1.54) is 11.1 Å². The molecule has 0 atom stereocenters. The molecule has 104 valence electrons. The van der Waals surface area contributed by atoms with Crippen molar-refractivity contribution in [1.29, 1.82) is 0 Å². The molecule has 2 rings (SSSR count). The van der Waals surface area contributed by atoms with Crippen molar-refractivity contribution in [2.75, 3.05) is 5.73 Å². The topological polar surface area (TPSA) is 54.7 Å². The Hall–Kier alpha value is -2.29. The van der Waals surface area contributed by atoms with E-state index in [1.807, 2.05) is 19.1 Å². The van der Waals surface area contributed by atoms with Gasteiger partial charge in [-0.05, 0) is 43.0 Å². The van der Waals surface area contributed by atoms with Crippen LogP contribution < -0.4 is 5.73 Å². The lowest BCUT2D eigenvalue weighted by Gasteiger charge is -2.06. The summed E-state index contributed by atoms with van der Waals surface area (Å²) in [6, 6.07) is 8.41. The highest BCUT2D eigenvalue weighted by atomic mass is 15.2. The van der Waals surface area contributed by atoms with Crippen LogP contribution in [0.3, 0.4) is 0 Å². The molecule has 0 aliphatic heterocycles. The van der Waals surface area contributed by atoms with Gasteiger partial charge >= 0.3 is 0 Å². The van der Waals surface area contributed by atoms with Gasteiger partial charge in [0.15, 0.2) is 5.82 Å². The third-order valence-electron chi connectivity index (χ3n) is 3.37. The van der Waals surface area contributed by atoms with Crippen LogP contribution in [0.2, 0.25) is 0 Å². The van der Waals surface area contributed by atoms with Crippen molar-refractivity contribution < 1.29 is 0 Å². The number of nitrogen functional groups attached to an aromatic ring is 1. The van der Waals surface area contributed by atoms with Gasteiger partial charge in [-0.3, -0.25) is 5.10 Å². The summed E-state index contributed by atoms with van der Waals surface area (Å²) in [5.74, 6) is 0.564. The van der Waals surface area contributed by atoms with E-state index >= 15 is 0 Å². The van der Waals surface area contributed by atoms with Gasteiger partial charge in [0.2, 0.25) is 0 Å². The van der Waals surface area contributed by atoms with E-state index in [4.69, 9.17) is 5.73 Å². The monoisotopic (exact) mass is 267 g/mol. The summed E-state index contributed by atoms with van der Waals surface area (Å²) in [5, 5.41) is 7.12. The third kappa shape index (κ3) is 2.82. The first-order chi connectivity index (χ1) is 9.67. The van der Waals surface area contributed by atoms with E-state index in [9.17, 15) is 0 Å². The molecule has 1 heterocycles.